The molecule has 5 heteroatoms. The minimum Gasteiger partial charge on any atom is -0.348 e. The molecule has 4 nitrogen and oxygen atoms in total. The van der Waals surface area contributed by atoms with Gasteiger partial charge in [-0.2, -0.15) is 0 Å². The van der Waals surface area contributed by atoms with E-state index in [0.29, 0.717) is 12.3 Å². The van der Waals surface area contributed by atoms with Gasteiger partial charge < -0.3 is 9.47 Å². The molecule has 2 fully saturated rings. The minimum atomic E-state index is -0.812. The summed E-state index contributed by atoms with van der Waals surface area (Å²) in [6.07, 6.45) is 2.62. The zero-order valence-electron chi connectivity index (χ0n) is 14.0. The van der Waals surface area contributed by atoms with Crippen molar-refractivity contribution in [2.45, 2.75) is 58.4 Å². The van der Waals surface area contributed by atoms with Crippen molar-refractivity contribution in [2.75, 3.05) is 12.3 Å². The van der Waals surface area contributed by atoms with Gasteiger partial charge in [0.25, 0.3) is 5.91 Å². The van der Waals surface area contributed by atoms with Gasteiger partial charge in [-0.25, -0.2) is 0 Å². The largest absolute Gasteiger partial charge is 0.348 e. The Kier molecular flexibility index (Phi) is 4.19. The third-order valence-electron chi connectivity index (χ3n) is 5.32. The van der Waals surface area contributed by atoms with Gasteiger partial charge in [-0.05, 0) is 52.5 Å². The second kappa shape index (κ2) is 5.84. The van der Waals surface area contributed by atoms with Crippen LogP contribution >= 0.6 is 0 Å². The highest BCUT2D eigenvalue weighted by atomic mass is 32.2. The molecule has 122 valence electrons. The van der Waals surface area contributed by atoms with Crippen LogP contribution in [0.25, 0.3) is 0 Å². The van der Waals surface area contributed by atoms with E-state index in [1.807, 2.05) is 24.8 Å². The number of hydrogen-bond donors (Lipinski definition) is 0. The molecule has 0 bridgehead atoms. The van der Waals surface area contributed by atoms with Crippen molar-refractivity contribution in [1.29, 1.82) is 0 Å². The molecule has 1 aliphatic carbocycles. The van der Waals surface area contributed by atoms with Gasteiger partial charge in [0.15, 0.2) is 0 Å². The van der Waals surface area contributed by atoms with Crippen LogP contribution in [0.15, 0.2) is 6.07 Å². The first-order chi connectivity index (χ1) is 10.4. The lowest BCUT2D eigenvalue weighted by Gasteiger charge is -2.37. The van der Waals surface area contributed by atoms with E-state index in [1.54, 1.807) is 0 Å². The van der Waals surface area contributed by atoms with Crippen LogP contribution in [0.1, 0.15) is 48.4 Å². The lowest BCUT2D eigenvalue weighted by Crippen LogP contribution is -2.52. The van der Waals surface area contributed by atoms with Crippen LogP contribution in [0.4, 0.5) is 0 Å². The van der Waals surface area contributed by atoms with Crippen LogP contribution < -0.4 is 0 Å². The standard InChI is InChI=1S/C17H26N2O2S/c1-11-9-16(13(3)19(11)10-15-5-6-15)17(20)18-7-8-22(21)14(4)12(18)2/h9,12,14-15H,5-8,10H2,1-4H3/t12-,14-,22+/m1/s1. The molecule has 2 heterocycles. The second-order valence-electron chi connectivity index (χ2n) is 6.87. The Morgan fingerprint density at radius 2 is 2.00 bits per heavy atom. The molecule has 0 unspecified atom stereocenters. The van der Waals surface area contributed by atoms with E-state index in [2.05, 4.69) is 18.4 Å². The topological polar surface area (TPSA) is 42.3 Å². The Hall–Kier alpha value is -1.10. The molecule has 1 saturated carbocycles. The minimum absolute atomic E-state index is 0.0357. The molecule has 1 aromatic heterocycles. The van der Waals surface area contributed by atoms with Gasteiger partial charge in [0.05, 0.1) is 10.8 Å². The summed E-state index contributed by atoms with van der Waals surface area (Å²) in [5.41, 5.74) is 3.08. The lowest BCUT2D eigenvalue weighted by atomic mass is 10.1. The zero-order valence-corrected chi connectivity index (χ0v) is 14.8. The predicted octanol–water partition coefficient (Wildman–Crippen LogP) is 2.50. The first kappa shape index (κ1) is 15.8. The van der Waals surface area contributed by atoms with Crippen molar-refractivity contribution in [3.8, 4) is 0 Å². The molecule has 0 spiro atoms. The van der Waals surface area contributed by atoms with Crippen molar-refractivity contribution in [3.63, 3.8) is 0 Å². The summed E-state index contributed by atoms with van der Waals surface area (Å²) < 4.78 is 14.2. The number of carbonyl (C=O) groups is 1. The number of aryl methyl sites for hydroxylation is 1. The van der Waals surface area contributed by atoms with Gasteiger partial charge in [-0.1, -0.05) is 0 Å². The Morgan fingerprint density at radius 3 is 2.64 bits per heavy atom. The van der Waals surface area contributed by atoms with Crippen molar-refractivity contribution in [1.82, 2.24) is 9.47 Å². The third kappa shape index (κ3) is 2.75. The lowest BCUT2D eigenvalue weighted by molar-refractivity contribution is 0.0694. The molecule has 3 atom stereocenters. The van der Waals surface area contributed by atoms with E-state index >= 15 is 0 Å². The average Bonchev–Trinajstić information content (AvgIpc) is 3.26. The summed E-state index contributed by atoms with van der Waals surface area (Å²) in [6.45, 7) is 9.78. The molecule has 3 rings (SSSR count). The normalized spacial score (nSPS) is 28.9. The van der Waals surface area contributed by atoms with Gasteiger partial charge in [-0.15, -0.1) is 0 Å². The quantitative estimate of drug-likeness (QED) is 0.858. The van der Waals surface area contributed by atoms with Crippen LogP contribution in [0.5, 0.6) is 0 Å². The van der Waals surface area contributed by atoms with E-state index in [4.69, 9.17) is 0 Å². The summed E-state index contributed by atoms with van der Waals surface area (Å²) in [6, 6.07) is 2.07. The van der Waals surface area contributed by atoms with E-state index in [1.165, 1.54) is 18.5 Å². The van der Waals surface area contributed by atoms with Crippen LogP contribution in [0.2, 0.25) is 0 Å². The zero-order chi connectivity index (χ0) is 16.0. The fourth-order valence-electron chi connectivity index (χ4n) is 3.35. The molecule has 1 aromatic rings. The third-order valence-corrected chi connectivity index (χ3v) is 7.13. The highest BCUT2D eigenvalue weighted by Gasteiger charge is 2.34. The van der Waals surface area contributed by atoms with Gasteiger partial charge >= 0.3 is 0 Å². The molecule has 1 amide bonds. The van der Waals surface area contributed by atoms with E-state index in [-0.39, 0.29) is 17.2 Å². The van der Waals surface area contributed by atoms with Crippen molar-refractivity contribution in [3.05, 3.63) is 23.0 Å². The summed E-state index contributed by atoms with van der Waals surface area (Å²) in [7, 11) is -0.812. The Bertz CT molecular complexity index is 618. The molecule has 0 radical (unpaired) electrons. The number of carbonyl (C=O) groups excluding carboxylic acids is 1. The number of rotatable bonds is 3. The van der Waals surface area contributed by atoms with Gasteiger partial charge in [0.1, 0.15) is 0 Å². The number of hydrogen-bond acceptors (Lipinski definition) is 2. The smallest absolute Gasteiger partial charge is 0.255 e. The first-order valence-corrected chi connectivity index (χ1v) is 9.63. The molecular weight excluding hydrogens is 296 g/mol. The van der Waals surface area contributed by atoms with Gasteiger partial charge in [-0.3, -0.25) is 9.00 Å². The monoisotopic (exact) mass is 322 g/mol. The van der Waals surface area contributed by atoms with Crippen LogP contribution in [-0.2, 0) is 17.3 Å². The average molecular weight is 322 g/mol. The Labute approximate surface area is 135 Å². The van der Waals surface area contributed by atoms with Crippen molar-refractivity contribution < 1.29 is 9.00 Å². The SMILES string of the molecule is Cc1cc(C(=O)N2CC[S@](=O)[C@H](C)[C@H]2C)c(C)n1CC1CC1. The van der Waals surface area contributed by atoms with E-state index in [0.717, 1.165) is 23.7 Å². The summed E-state index contributed by atoms with van der Waals surface area (Å²) in [5.74, 6) is 1.49. The number of aromatic nitrogens is 1. The van der Waals surface area contributed by atoms with E-state index < -0.39 is 10.8 Å². The van der Waals surface area contributed by atoms with Gasteiger partial charge in [0.2, 0.25) is 0 Å². The van der Waals surface area contributed by atoms with Crippen LogP contribution in [-0.4, -0.2) is 43.2 Å². The highest BCUT2D eigenvalue weighted by Crippen LogP contribution is 2.32. The maximum absolute atomic E-state index is 13.0. The maximum atomic E-state index is 13.0. The molecule has 0 N–H and O–H groups in total. The van der Waals surface area contributed by atoms with Crippen molar-refractivity contribution in [2.24, 2.45) is 5.92 Å². The Balaban J connectivity index is 1.84. The maximum Gasteiger partial charge on any atom is 0.255 e. The molecule has 1 saturated heterocycles. The first-order valence-electron chi connectivity index (χ1n) is 8.25. The van der Waals surface area contributed by atoms with Crippen LogP contribution in [0, 0.1) is 19.8 Å². The molecule has 1 aliphatic heterocycles. The fourth-order valence-corrected chi connectivity index (χ4v) is 4.68. The number of nitrogens with zero attached hydrogens (tertiary/aromatic N) is 2. The summed E-state index contributed by atoms with van der Waals surface area (Å²) in [5, 5.41) is 0.0488. The molecular formula is C17H26N2O2S. The Morgan fingerprint density at radius 1 is 1.32 bits per heavy atom. The molecule has 22 heavy (non-hydrogen) atoms. The molecule has 2 aliphatic rings. The van der Waals surface area contributed by atoms with Gasteiger partial charge in [0, 0.05) is 47.1 Å². The van der Waals surface area contributed by atoms with E-state index in [9.17, 15) is 9.00 Å². The highest BCUT2D eigenvalue weighted by molar-refractivity contribution is 7.85. The summed E-state index contributed by atoms with van der Waals surface area (Å²) >= 11 is 0. The number of amides is 1. The predicted molar refractivity (Wildman–Crippen MR) is 89.6 cm³/mol. The van der Waals surface area contributed by atoms with Crippen molar-refractivity contribution >= 4 is 16.7 Å². The van der Waals surface area contributed by atoms with Crippen LogP contribution in [0.3, 0.4) is 0 Å². The molecule has 0 aromatic carbocycles. The fraction of sp³-hybridized carbons (Fsp3) is 0.706. The summed E-state index contributed by atoms with van der Waals surface area (Å²) in [4.78, 5) is 14.9. The second-order valence-corrected chi connectivity index (χ2v) is 8.78.